The first-order valence-electron chi connectivity index (χ1n) is 6.87. The molecule has 2 rings (SSSR count). The Labute approximate surface area is 119 Å². The maximum atomic E-state index is 6.02. The maximum absolute atomic E-state index is 6.02. The van der Waals surface area contributed by atoms with E-state index in [2.05, 4.69) is 11.2 Å². The van der Waals surface area contributed by atoms with Gasteiger partial charge in [-0.3, -0.25) is 0 Å². The molecule has 0 fully saturated rings. The van der Waals surface area contributed by atoms with Crippen LogP contribution < -0.4 is 10.5 Å². The van der Waals surface area contributed by atoms with Crippen molar-refractivity contribution in [2.75, 3.05) is 0 Å². The number of aryl methyl sites for hydroxylation is 3. The molecule has 0 amide bonds. The second-order valence-corrected chi connectivity index (χ2v) is 5.34. The van der Waals surface area contributed by atoms with Crippen molar-refractivity contribution >= 4 is 0 Å². The number of rotatable bonds is 5. The van der Waals surface area contributed by atoms with Crippen molar-refractivity contribution in [2.24, 2.45) is 5.73 Å². The number of para-hydroxylation sites is 1. The van der Waals surface area contributed by atoms with E-state index in [9.17, 15) is 0 Å². The van der Waals surface area contributed by atoms with Crippen molar-refractivity contribution in [1.82, 2.24) is 5.16 Å². The SMILES string of the molecule is Cc1cccc(CC(C)N)c1OCc1c(C)noc1C. The lowest BCUT2D eigenvalue weighted by Gasteiger charge is -2.15. The quantitative estimate of drug-likeness (QED) is 0.910. The van der Waals surface area contributed by atoms with E-state index in [0.29, 0.717) is 6.61 Å². The first-order chi connectivity index (χ1) is 9.49. The largest absolute Gasteiger partial charge is 0.488 e. The number of hydrogen-bond acceptors (Lipinski definition) is 4. The van der Waals surface area contributed by atoms with Crippen LogP contribution in [0.15, 0.2) is 22.7 Å². The summed E-state index contributed by atoms with van der Waals surface area (Å²) in [5.41, 5.74) is 10.1. The predicted octanol–water partition coefficient (Wildman–Crippen LogP) is 3.07. The maximum Gasteiger partial charge on any atom is 0.140 e. The van der Waals surface area contributed by atoms with Gasteiger partial charge in [0.25, 0.3) is 0 Å². The summed E-state index contributed by atoms with van der Waals surface area (Å²) in [4.78, 5) is 0. The Balaban J connectivity index is 2.20. The molecule has 0 bridgehead atoms. The molecule has 2 aromatic rings. The van der Waals surface area contributed by atoms with Crippen molar-refractivity contribution < 1.29 is 9.26 Å². The van der Waals surface area contributed by atoms with Crippen molar-refractivity contribution in [3.05, 3.63) is 46.3 Å². The molecule has 1 unspecified atom stereocenters. The van der Waals surface area contributed by atoms with Crippen LogP contribution in [0, 0.1) is 20.8 Å². The molecule has 1 atom stereocenters. The number of aromatic nitrogens is 1. The minimum absolute atomic E-state index is 0.109. The third-order valence-corrected chi connectivity index (χ3v) is 3.38. The van der Waals surface area contributed by atoms with Gasteiger partial charge in [-0.05, 0) is 45.2 Å². The standard InChI is InChI=1S/C16H22N2O2/c1-10-6-5-7-14(8-11(2)17)16(10)19-9-15-12(3)18-20-13(15)4/h5-7,11H,8-9,17H2,1-4H3. The van der Waals surface area contributed by atoms with E-state index in [-0.39, 0.29) is 6.04 Å². The molecular weight excluding hydrogens is 252 g/mol. The summed E-state index contributed by atoms with van der Waals surface area (Å²) < 4.78 is 11.2. The lowest BCUT2D eigenvalue weighted by molar-refractivity contribution is 0.296. The first-order valence-corrected chi connectivity index (χ1v) is 6.87. The van der Waals surface area contributed by atoms with Crippen LogP contribution in [-0.4, -0.2) is 11.2 Å². The number of nitrogens with two attached hydrogens (primary N) is 1. The molecule has 108 valence electrons. The van der Waals surface area contributed by atoms with Crippen LogP contribution >= 0.6 is 0 Å². The topological polar surface area (TPSA) is 61.3 Å². The Morgan fingerprint density at radius 3 is 2.65 bits per heavy atom. The Bertz CT molecular complexity index is 569. The molecule has 1 aromatic carbocycles. The molecule has 1 heterocycles. The van der Waals surface area contributed by atoms with Gasteiger partial charge in [0.15, 0.2) is 0 Å². The lowest BCUT2D eigenvalue weighted by Crippen LogP contribution is -2.18. The molecule has 4 nitrogen and oxygen atoms in total. The Morgan fingerprint density at radius 1 is 1.30 bits per heavy atom. The normalized spacial score (nSPS) is 12.4. The van der Waals surface area contributed by atoms with Gasteiger partial charge in [-0.2, -0.15) is 0 Å². The van der Waals surface area contributed by atoms with Gasteiger partial charge in [-0.15, -0.1) is 0 Å². The summed E-state index contributed by atoms with van der Waals surface area (Å²) in [6.45, 7) is 8.35. The van der Waals surface area contributed by atoms with Gasteiger partial charge < -0.3 is 15.0 Å². The average Bonchev–Trinajstić information content (AvgIpc) is 2.68. The first kappa shape index (κ1) is 14.6. The van der Waals surface area contributed by atoms with E-state index < -0.39 is 0 Å². The van der Waals surface area contributed by atoms with Gasteiger partial charge >= 0.3 is 0 Å². The molecule has 20 heavy (non-hydrogen) atoms. The van der Waals surface area contributed by atoms with E-state index in [1.807, 2.05) is 39.8 Å². The smallest absolute Gasteiger partial charge is 0.140 e. The molecular formula is C16H22N2O2. The van der Waals surface area contributed by atoms with Gasteiger partial charge in [0, 0.05) is 6.04 Å². The van der Waals surface area contributed by atoms with Crippen molar-refractivity contribution in [3.63, 3.8) is 0 Å². The van der Waals surface area contributed by atoms with E-state index in [1.165, 1.54) is 0 Å². The molecule has 4 heteroatoms. The zero-order valence-corrected chi connectivity index (χ0v) is 12.6. The van der Waals surface area contributed by atoms with Crippen LogP contribution in [0.1, 0.15) is 35.1 Å². The summed E-state index contributed by atoms with van der Waals surface area (Å²) in [5.74, 6) is 1.73. The summed E-state index contributed by atoms with van der Waals surface area (Å²) in [6.07, 6.45) is 0.804. The molecule has 0 saturated carbocycles. The summed E-state index contributed by atoms with van der Waals surface area (Å²) in [6, 6.07) is 6.26. The highest BCUT2D eigenvalue weighted by molar-refractivity contribution is 5.41. The minimum atomic E-state index is 0.109. The van der Waals surface area contributed by atoms with Gasteiger partial charge in [0.2, 0.25) is 0 Å². The van der Waals surface area contributed by atoms with E-state index in [0.717, 1.165) is 40.3 Å². The average molecular weight is 274 g/mol. The van der Waals surface area contributed by atoms with Gasteiger partial charge in [-0.25, -0.2) is 0 Å². The second-order valence-electron chi connectivity index (χ2n) is 5.34. The molecule has 0 radical (unpaired) electrons. The third kappa shape index (κ3) is 3.20. The number of nitrogens with zero attached hydrogens (tertiary/aromatic N) is 1. The van der Waals surface area contributed by atoms with Crippen molar-refractivity contribution in [3.8, 4) is 5.75 Å². The fourth-order valence-corrected chi connectivity index (χ4v) is 2.28. The fraction of sp³-hybridized carbons (Fsp3) is 0.438. The Hall–Kier alpha value is -1.81. The third-order valence-electron chi connectivity index (χ3n) is 3.38. The molecule has 0 aliphatic heterocycles. The van der Waals surface area contributed by atoms with Crippen LogP contribution in [0.3, 0.4) is 0 Å². The van der Waals surface area contributed by atoms with Gasteiger partial charge in [0.05, 0.1) is 11.3 Å². The van der Waals surface area contributed by atoms with Crippen LogP contribution in [0.4, 0.5) is 0 Å². The fourth-order valence-electron chi connectivity index (χ4n) is 2.28. The van der Waals surface area contributed by atoms with Gasteiger partial charge in [0.1, 0.15) is 18.1 Å². The minimum Gasteiger partial charge on any atom is -0.488 e. The molecule has 0 aliphatic rings. The van der Waals surface area contributed by atoms with Crippen molar-refractivity contribution in [2.45, 2.75) is 46.8 Å². The highest BCUT2D eigenvalue weighted by atomic mass is 16.5. The Morgan fingerprint density at radius 2 is 2.05 bits per heavy atom. The molecule has 2 N–H and O–H groups in total. The zero-order chi connectivity index (χ0) is 14.7. The highest BCUT2D eigenvalue weighted by Gasteiger charge is 2.13. The van der Waals surface area contributed by atoms with Crippen molar-refractivity contribution in [1.29, 1.82) is 0 Å². The monoisotopic (exact) mass is 274 g/mol. The number of hydrogen-bond donors (Lipinski definition) is 1. The van der Waals surface area contributed by atoms with Crippen LogP contribution in [0.5, 0.6) is 5.75 Å². The molecule has 1 aromatic heterocycles. The summed E-state index contributed by atoms with van der Waals surface area (Å²) in [5, 5.41) is 3.95. The number of ether oxygens (including phenoxy) is 1. The predicted molar refractivity (Wildman–Crippen MR) is 78.8 cm³/mol. The summed E-state index contributed by atoms with van der Waals surface area (Å²) >= 11 is 0. The van der Waals surface area contributed by atoms with E-state index in [4.69, 9.17) is 15.0 Å². The Kier molecular flexibility index (Phi) is 4.45. The zero-order valence-electron chi connectivity index (χ0n) is 12.6. The van der Waals surface area contributed by atoms with Gasteiger partial charge in [-0.1, -0.05) is 23.4 Å². The van der Waals surface area contributed by atoms with Crippen LogP contribution in [-0.2, 0) is 13.0 Å². The second kappa shape index (κ2) is 6.09. The molecule has 0 aliphatic carbocycles. The highest BCUT2D eigenvalue weighted by Crippen LogP contribution is 2.26. The van der Waals surface area contributed by atoms with Crippen LogP contribution in [0.2, 0.25) is 0 Å². The lowest BCUT2D eigenvalue weighted by atomic mass is 10.0. The summed E-state index contributed by atoms with van der Waals surface area (Å²) in [7, 11) is 0. The van der Waals surface area contributed by atoms with Crippen LogP contribution in [0.25, 0.3) is 0 Å². The van der Waals surface area contributed by atoms with E-state index in [1.54, 1.807) is 0 Å². The molecule has 0 spiro atoms. The van der Waals surface area contributed by atoms with E-state index >= 15 is 0 Å². The molecule has 0 saturated heterocycles. The number of benzene rings is 1.